The lowest BCUT2D eigenvalue weighted by Gasteiger charge is -2.04. The second kappa shape index (κ2) is 3.52. The lowest BCUT2D eigenvalue weighted by molar-refractivity contribution is 0.263. The van der Waals surface area contributed by atoms with Crippen LogP contribution in [0.15, 0.2) is 18.2 Å². The van der Waals surface area contributed by atoms with Crippen molar-refractivity contribution < 1.29 is 13.9 Å². The summed E-state index contributed by atoms with van der Waals surface area (Å²) < 4.78 is 22.9. The summed E-state index contributed by atoms with van der Waals surface area (Å²) in [6.45, 7) is 1.25. The number of halogens is 2. The lowest BCUT2D eigenvalue weighted by atomic mass is 10.3. The van der Waals surface area contributed by atoms with Crippen LogP contribution in [0, 0.1) is 5.82 Å². The maximum Gasteiger partial charge on any atom is 0.142 e. The average Bonchev–Trinajstić information content (AvgIpc) is 2.91. The number of ether oxygens (including phenoxy) is 2. The Morgan fingerprint density at radius 2 is 2.38 bits per heavy atom. The zero-order chi connectivity index (χ0) is 9.26. The predicted molar refractivity (Wildman–Crippen MR) is 46.6 cm³/mol. The van der Waals surface area contributed by atoms with Gasteiger partial charge in [-0.15, -0.1) is 0 Å². The topological polar surface area (TPSA) is 21.8 Å². The van der Waals surface area contributed by atoms with E-state index in [1.54, 1.807) is 6.07 Å². The maximum absolute atomic E-state index is 12.7. The summed E-state index contributed by atoms with van der Waals surface area (Å²) in [7, 11) is 0. The molecule has 0 bridgehead atoms. The predicted octanol–water partition coefficient (Wildman–Crippen LogP) is 2.26. The number of hydrogen-bond acceptors (Lipinski definition) is 2. The van der Waals surface area contributed by atoms with Gasteiger partial charge in [-0.25, -0.2) is 4.39 Å². The largest absolute Gasteiger partial charge is 0.491 e. The maximum atomic E-state index is 12.7. The smallest absolute Gasteiger partial charge is 0.142 e. The Balaban J connectivity index is 1.98. The summed E-state index contributed by atoms with van der Waals surface area (Å²) in [5.74, 6) is 0.138. The fourth-order valence-corrected chi connectivity index (χ4v) is 1.09. The molecule has 0 aliphatic carbocycles. The highest BCUT2D eigenvalue weighted by Crippen LogP contribution is 2.22. The molecule has 0 radical (unpaired) electrons. The second-order valence-corrected chi connectivity index (χ2v) is 3.25. The van der Waals surface area contributed by atoms with Gasteiger partial charge in [-0.05, 0) is 12.1 Å². The molecule has 2 nitrogen and oxygen atoms in total. The molecule has 2 rings (SSSR count). The zero-order valence-corrected chi connectivity index (χ0v) is 7.55. The molecule has 0 spiro atoms. The molecule has 4 heteroatoms. The van der Waals surface area contributed by atoms with Crippen molar-refractivity contribution >= 4 is 11.6 Å². The van der Waals surface area contributed by atoms with E-state index in [2.05, 4.69) is 0 Å². The van der Waals surface area contributed by atoms with Crippen LogP contribution in [-0.2, 0) is 4.74 Å². The van der Waals surface area contributed by atoms with E-state index in [0.717, 1.165) is 6.61 Å². The van der Waals surface area contributed by atoms with Crippen molar-refractivity contribution in [3.8, 4) is 5.75 Å². The average molecular weight is 203 g/mol. The Morgan fingerprint density at radius 1 is 1.62 bits per heavy atom. The minimum absolute atomic E-state index is 0.0780. The Bertz CT molecular complexity index is 312. The van der Waals surface area contributed by atoms with Crippen LogP contribution >= 0.6 is 11.6 Å². The quantitative estimate of drug-likeness (QED) is 0.702. The fraction of sp³-hybridized carbons (Fsp3) is 0.333. The summed E-state index contributed by atoms with van der Waals surface area (Å²) in [5, 5.41) is 0.0780. The minimum Gasteiger partial charge on any atom is -0.491 e. The van der Waals surface area contributed by atoms with Crippen LogP contribution in [-0.4, -0.2) is 19.3 Å². The molecule has 1 saturated heterocycles. The van der Waals surface area contributed by atoms with Gasteiger partial charge in [0.15, 0.2) is 0 Å². The van der Waals surface area contributed by atoms with Gasteiger partial charge in [-0.3, -0.25) is 0 Å². The van der Waals surface area contributed by atoms with Crippen LogP contribution < -0.4 is 4.74 Å². The Morgan fingerprint density at radius 3 is 3.00 bits per heavy atom. The first-order chi connectivity index (χ1) is 6.25. The third kappa shape index (κ3) is 2.32. The van der Waals surface area contributed by atoms with E-state index in [1.807, 2.05) is 0 Å². The second-order valence-electron chi connectivity index (χ2n) is 2.84. The highest BCUT2D eigenvalue weighted by Gasteiger charge is 2.23. The van der Waals surface area contributed by atoms with Crippen LogP contribution in [0.5, 0.6) is 5.75 Å². The van der Waals surface area contributed by atoms with Crippen LogP contribution in [0.1, 0.15) is 0 Å². The molecule has 1 aliphatic rings. The van der Waals surface area contributed by atoms with Crippen molar-refractivity contribution in [2.24, 2.45) is 0 Å². The molecule has 1 unspecified atom stereocenters. The molecule has 1 aliphatic heterocycles. The van der Waals surface area contributed by atoms with Crippen molar-refractivity contribution in [1.29, 1.82) is 0 Å². The van der Waals surface area contributed by atoms with Crippen molar-refractivity contribution in [3.63, 3.8) is 0 Å². The van der Waals surface area contributed by atoms with Crippen LogP contribution in [0.2, 0.25) is 5.02 Å². The Hall–Kier alpha value is -0.800. The zero-order valence-electron chi connectivity index (χ0n) is 6.80. The van der Waals surface area contributed by atoms with Gasteiger partial charge in [0, 0.05) is 6.07 Å². The molecule has 70 valence electrons. The van der Waals surface area contributed by atoms with Gasteiger partial charge in [0.1, 0.15) is 24.3 Å². The summed E-state index contributed by atoms with van der Waals surface area (Å²) in [4.78, 5) is 0. The molecule has 13 heavy (non-hydrogen) atoms. The number of rotatable bonds is 3. The minimum atomic E-state index is -0.434. The van der Waals surface area contributed by atoms with Gasteiger partial charge in [0.25, 0.3) is 0 Å². The molecule has 0 aromatic heterocycles. The molecular weight excluding hydrogens is 195 g/mol. The van der Waals surface area contributed by atoms with E-state index < -0.39 is 5.82 Å². The molecule has 0 saturated carbocycles. The molecular formula is C9H8ClFO2. The lowest BCUT2D eigenvalue weighted by Crippen LogP contribution is -2.03. The van der Waals surface area contributed by atoms with Gasteiger partial charge in [-0.1, -0.05) is 11.6 Å². The van der Waals surface area contributed by atoms with E-state index in [0.29, 0.717) is 12.4 Å². The van der Waals surface area contributed by atoms with E-state index in [4.69, 9.17) is 21.1 Å². The first kappa shape index (κ1) is 8.78. The molecule has 1 aromatic rings. The van der Waals surface area contributed by atoms with Crippen LogP contribution in [0.4, 0.5) is 4.39 Å². The number of benzene rings is 1. The van der Waals surface area contributed by atoms with Gasteiger partial charge in [0.05, 0.1) is 11.6 Å². The van der Waals surface area contributed by atoms with E-state index in [-0.39, 0.29) is 11.1 Å². The van der Waals surface area contributed by atoms with E-state index >= 15 is 0 Å². The number of hydrogen-bond donors (Lipinski definition) is 0. The van der Waals surface area contributed by atoms with Crippen molar-refractivity contribution in [1.82, 2.24) is 0 Å². The Kier molecular flexibility index (Phi) is 2.38. The molecule has 1 aromatic carbocycles. The van der Waals surface area contributed by atoms with Gasteiger partial charge in [-0.2, -0.15) is 0 Å². The molecule has 1 heterocycles. The van der Waals surface area contributed by atoms with E-state index in [9.17, 15) is 4.39 Å². The SMILES string of the molecule is Fc1ccc(OCC2CO2)cc1Cl. The first-order valence-corrected chi connectivity index (χ1v) is 4.33. The van der Waals surface area contributed by atoms with Crippen molar-refractivity contribution in [2.45, 2.75) is 6.10 Å². The van der Waals surface area contributed by atoms with Crippen LogP contribution in [0.3, 0.4) is 0 Å². The third-order valence-corrected chi connectivity index (χ3v) is 2.02. The molecule has 0 amide bonds. The first-order valence-electron chi connectivity index (χ1n) is 3.95. The summed E-state index contributed by atoms with van der Waals surface area (Å²) in [5.41, 5.74) is 0. The third-order valence-electron chi connectivity index (χ3n) is 1.73. The van der Waals surface area contributed by atoms with E-state index in [1.165, 1.54) is 12.1 Å². The Labute approximate surface area is 80.2 Å². The monoisotopic (exact) mass is 202 g/mol. The molecule has 1 atom stereocenters. The molecule has 0 N–H and O–H groups in total. The van der Waals surface area contributed by atoms with Crippen LogP contribution in [0.25, 0.3) is 0 Å². The summed E-state index contributed by atoms with van der Waals surface area (Å²) in [6.07, 6.45) is 0.198. The highest BCUT2D eigenvalue weighted by atomic mass is 35.5. The summed E-state index contributed by atoms with van der Waals surface area (Å²) in [6, 6.07) is 4.29. The van der Waals surface area contributed by atoms with Gasteiger partial charge >= 0.3 is 0 Å². The van der Waals surface area contributed by atoms with Gasteiger partial charge in [0.2, 0.25) is 0 Å². The van der Waals surface area contributed by atoms with Crippen molar-refractivity contribution in [2.75, 3.05) is 13.2 Å². The normalized spacial score (nSPS) is 20.0. The standard InChI is InChI=1S/C9H8ClFO2/c10-8-3-6(1-2-9(8)11)12-4-7-5-13-7/h1-3,7H,4-5H2. The van der Waals surface area contributed by atoms with Gasteiger partial charge < -0.3 is 9.47 Å². The number of epoxide rings is 1. The fourth-order valence-electron chi connectivity index (χ4n) is 0.920. The highest BCUT2D eigenvalue weighted by molar-refractivity contribution is 6.30. The van der Waals surface area contributed by atoms with Crippen molar-refractivity contribution in [3.05, 3.63) is 29.0 Å². The molecule has 1 fully saturated rings. The summed E-state index contributed by atoms with van der Waals surface area (Å²) >= 11 is 5.56.